The summed E-state index contributed by atoms with van der Waals surface area (Å²) in [6.07, 6.45) is -0.549. The third-order valence-corrected chi connectivity index (χ3v) is 2.00. The molecule has 1 aromatic carbocycles. The third kappa shape index (κ3) is 3.18. The molecule has 0 saturated carbocycles. The maximum atomic E-state index is 9.27. The number of hydrogen-bond donors (Lipinski definition) is 2. The van der Waals surface area contributed by atoms with Gasteiger partial charge < -0.3 is 15.6 Å². The lowest BCUT2D eigenvalue weighted by Crippen LogP contribution is -2.22. The molecule has 0 aliphatic carbocycles. The molecular weight excluding hydrogens is 202 g/mol. The van der Waals surface area contributed by atoms with Crippen LogP contribution >= 0.6 is 12.4 Å². The Morgan fingerprint density at radius 3 is 2.57 bits per heavy atom. The van der Waals surface area contributed by atoms with Crippen molar-refractivity contribution in [3.63, 3.8) is 0 Å². The van der Waals surface area contributed by atoms with Crippen molar-refractivity contribution < 1.29 is 9.84 Å². The van der Waals surface area contributed by atoms with Gasteiger partial charge in [0, 0.05) is 0 Å². The molecule has 0 spiro atoms. The number of aliphatic hydroxyl groups excluding tert-OH is 1. The molecule has 1 rings (SSSR count). The van der Waals surface area contributed by atoms with Crippen LogP contribution in [0, 0.1) is 0 Å². The van der Waals surface area contributed by atoms with Crippen molar-refractivity contribution in [1.82, 2.24) is 0 Å². The fourth-order valence-corrected chi connectivity index (χ4v) is 1.13. The van der Waals surface area contributed by atoms with Gasteiger partial charge in [0.25, 0.3) is 0 Å². The second kappa shape index (κ2) is 5.86. The number of ether oxygens (including phenoxy) is 1. The van der Waals surface area contributed by atoms with Crippen molar-refractivity contribution in [1.29, 1.82) is 0 Å². The molecule has 3 nitrogen and oxygen atoms in total. The molecule has 0 bridgehead atoms. The molecule has 0 heterocycles. The molecule has 2 atom stereocenters. The minimum absolute atomic E-state index is 0. The fourth-order valence-electron chi connectivity index (χ4n) is 1.13. The molecule has 0 radical (unpaired) electrons. The van der Waals surface area contributed by atoms with E-state index in [1.54, 1.807) is 14.0 Å². The van der Waals surface area contributed by atoms with E-state index in [2.05, 4.69) is 0 Å². The quantitative estimate of drug-likeness (QED) is 0.807. The van der Waals surface area contributed by atoms with E-state index in [1.165, 1.54) is 0 Å². The van der Waals surface area contributed by atoms with Crippen LogP contribution in [-0.4, -0.2) is 18.3 Å². The summed E-state index contributed by atoms with van der Waals surface area (Å²) in [6, 6.07) is 7.06. The lowest BCUT2D eigenvalue weighted by molar-refractivity contribution is 0.164. The van der Waals surface area contributed by atoms with Gasteiger partial charge in [0.15, 0.2) is 0 Å². The first kappa shape index (κ1) is 13.2. The normalized spacial score (nSPS) is 14.0. The second-order valence-corrected chi connectivity index (χ2v) is 3.04. The zero-order valence-electron chi connectivity index (χ0n) is 8.31. The lowest BCUT2D eigenvalue weighted by atomic mass is 10.0. The minimum atomic E-state index is -0.549. The summed E-state index contributed by atoms with van der Waals surface area (Å²) in [5, 5.41) is 9.27. The van der Waals surface area contributed by atoms with Crippen molar-refractivity contribution in [2.45, 2.75) is 19.1 Å². The van der Waals surface area contributed by atoms with E-state index in [0.717, 1.165) is 11.3 Å². The van der Waals surface area contributed by atoms with E-state index in [9.17, 15) is 5.11 Å². The van der Waals surface area contributed by atoms with Gasteiger partial charge in [-0.2, -0.15) is 0 Å². The number of benzene rings is 1. The van der Waals surface area contributed by atoms with Crippen LogP contribution in [0.15, 0.2) is 24.3 Å². The fraction of sp³-hybridized carbons (Fsp3) is 0.400. The lowest BCUT2D eigenvalue weighted by Gasteiger charge is -2.15. The summed E-state index contributed by atoms with van der Waals surface area (Å²) < 4.78 is 5.05. The molecule has 1 aromatic rings. The molecule has 0 aromatic heterocycles. The largest absolute Gasteiger partial charge is 0.497 e. The van der Waals surface area contributed by atoms with E-state index in [4.69, 9.17) is 10.5 Å². The zero-order chi connectivity index (χ0) is 9.84. The molecule has 14 heavy (non-hydrogen) atoms. The van der Waals surface area contributed by atoms with E-state index >= 15 is 0 Å². The van der Waals surface area contributed by atoms with Crippen molar-refractivity contribution in [3.05, 3.63) is 29.8 Å². The molecule has 0 unspecified atom stereocenters. The maximum Gasteiger partial charge on any atom is 0.119 e. The Morgan fingerprint density at radius 1 is 1.43 bits per heavy atom. The van der Waals surface area contributed by atoms with Gasteiger partial charge in [-0.05, 0) is 24.6 Å². The first-order valence-electron chi connectivity index (χ1n) is 4.22. The third-order valence-electron chi connectivity index (χ3n) is 2.00. The van der Waals surface area contributed by atoms with E-state index < -0.39 is 6.10 Å². The van der Waals surface area contributed by atoms with Gasteiger partial charge in [0.05, 0.1) is 19.3 Å². The average molecular weight is 218 g/mol. The van der Waals surface area contributed by atoms with Gasteiger partial charge in [-0.25, -0.2) is 0 Å². The number of halogens is 1. The Kier molecular flexibility index (Phi) is 5.53. The highest BCUT2D eigenvalue weighted by Crippen LogP contribution is 2.19. The van der Waals surface area contributed by atoms with Crippen molar-refractivity contribution in [2.24, 2.45) is 5.73 Å². The summed E-state index contributed by atoms with van der Waals surface area (Å²) in [5.41, 5.74) is 6.64. The highest BCUT2D eigenvalue weighted by atomic mass is 35.5. The molecule has 0 aliphatic heterocycles. The molecule has 3 N–H and O–H groups in total. The number of rotatable bonds is 3. The highest BCUT2D eigenvalue weighted by molar-refractivity contribution is 5.85. The SMILES string of the molecule is COc1cccc([C@@H](N)[C@H](C)O)c1.Cl. The molecule has 0 fully saturated rings. The average Bonchev–Trinajstić information content (AvgIpc) is 2.16. The summed E-state index contributed by atoms with van der Waals surface area (Å²) in [7, 11) is 1.60. The van der Waals surface area contributed by atoms with Crippen LogP contribution < -0.4 is 10.5 Å². The first-order valence-corrected chi connectivity index (χ1v) is 4.22. The van der Waals surface area contributed by atoms with Crippen LogP contribution in [-0.2, 0) is 0 Å². The Morgan fingerprint density at radius 2 is 2.07 bits per heavy atom. The Hall–Kier alpha value is -0.770. The van der Waals surface area contributed by atoms with Crippen LogP contribution in [0.2, 0.25) is 0 Å². The van der Waals surface area contributed by atoms with Gasteiger partial charge in [0.1, 0.15) is 5.75 Å². The zero-order valence-corrected chi connectivity index (χ0v) is 9.12. The van der Waals surface area contributed by atoms with Crippen molar-refractivity contribution in [2.75, 3.05) is 7.11 Å². The molecule has 4 heteroatoms. The number of methoxy groups -OCH3 is 1. The maximum absolute atomic E-state index is 9.27. The first-order chi connectivity index (χ1) is 6.15. The predicted molar refractivity (Wildman–Crippen MR) is 58.9 cm³/mol. The van der Waals surface area contributed by atoms with Gasteiger partial charge >= 0.3 is 0 Å². The van der Waals surface area contributed by atoms with Gasteiger partial charge in [-0.3, -0.25) is 0 Å². The topological polar surface area (TPSA) is 55.5 Å². The van der Waals surface area contributed by atoms with Crippen LogP contribution in [0.1, 0.15) is 18.5 Å². The summed E-state index contributed by atoms with van der Waals surface area (Å²) >= 11 is 0. The van der Waals surface area contributed by atoms with Crippen LogP contribution in [0.25, 0.3) is 0 Å². The van der Waals surface area contributed by atoms with Crippen LogP contribution in [0.3, 0.4) is 0 Å². The Bertz CT molecular complexity index is 279. The Balaban J connectivity index is 0.00000169. The standard InChI is InChI=1S/C10H15NO2.ClH/c1-7(12)10(11)8-4-3-5-9(6-8)13-2;/h3-7,10,12H,11H2,1-2H3;1H/t7-,10-;/m0./s1. The molecule has 0 amide bonds. The molecule has 0 aliphatic rings. The number of nitrogens with two attached hydrogens (primary N) is 1. The predicted octanol–water partition coefficient (Wildman–Crippen LogP) is 1.50. The monoisotopic (exact) mass is 217 g/mol. The molecule has 0 saturated heterocycles. The van der Waals surface area contributed by atoms with Gasteiger partial charge in [-0.1, -0.05) is 12.1 Å². The Labute approximate surface area is 90.3 Å². The molecule has 80 valence electrons. The summed E-state index contributed by atoms with van der Waals surface area (Å²) in [5.74, 6) is 0.758. The van der Waals surface area contributed by atoms with Gasteiger partial charge in [-0.15, -0.1) is 12.4 Å². The number of aliphatic hydroxyl groups is 1. The van der Waals surface area contributed by atoms with Gasteiger partial charge in [0.2, 0.25) is 0 Å². The van der Waals surface area contributed by atoms with Crippen LogP contribution in [0.4, 0.5) is 0 Å². The molecular formula is C10H16ClNO2. The van der Waals surface area contributed by atoms with Crippen molar-refractivity contribution >= 4 is 12.4 Å². The highest BCUT2D eigenvalue weighted by Gasteiger charge is 2.11. The van der Waals surface area contributed by atoms with E-state index in [0.29, 0.717) is 0 Å². The summed E-state index contributed by atoms with van der Waals surface area (Å²) in [4.78, 5) is 0. The van der Waals surface area contributed by atoms with Crippen LogP contribution in [0.5, 0.6) is 5.75 Å². The van der Waals surface area contributed by atoms with E-state index in [-0.39, 0.29) is 18.4 Å². The number of hydrogen-bond acceptors (Lipinski definition) is 3. The summed E-state index contributed by atoms with van der Waals surface area (Å²) in [6.45, 7) is 1.67. The smallest absolute Gasteiger partial charge is 0.119 e. The second-order valence-electron chi connectivity index (χ2n) is 3.04. The van der Waals surface area contributed by atoms with E-state index in [1.807, 2.05) is 24.3 Å². The minimum Gasteiger partial charge on any atom is -0.497 e. The van der Waals surface area contributed by atoms with Crippen molar-refractivity contribution in [3.8, 4) is 5.75 Å².